The molecule has 1 aliphatic heterocycles. The highest BCUT2D eigenvalue weighted by molar-refractivity contribution is 6.01. The van der Waals surface area contributed by atoms with Crippen LogP contribution in [0, 0.1) is 5.92 Å². The fourth-order valence-electron chi connectivity index (χ4n) is 3.20. The molecule has 2 N–H and O–H groups in total. The van der Waals surface area contributed by atoms with Crippen molar-refractivity contribution in [2.45, 2.75) is 6.42 Å². The van der Waals surface area contributed by atoms with E-state index >= 15 is 0 Å². The summed E-state index contributed by atoms with van der Waals surface area (Å²) in [5.41, 5.74) is 5.28. The van der Waals surface area contributed by atoms with E-state index in [1.54, 1.807) is 11.1 Å². The molecule has 0 aliphatic carbocycles. The van der Waals surface area contributed by atoms with Crippen LogP contribution in [0.5, 0.6) is 0 Å². The summed E-state index contributed by atoms with van der Waals surface area (Å²) in [5, 5.41) is 5.10. The maximum Gasteiger partial charge on any atom is 0.245 e. The Balaban J connectivity index is 1.40. The second-order valence-electron chi connectivity index (χ2n) is 6.26. The lowest BCUT2D eigenvalue weighted by Crippen LogP contribution is -2.30. The van der Waals surface area contributed by atoms with E-state index in [-0.39, 0.29) is 18.2 Å². The Bertz CT molecular complexity index is 978. The summed E-state index contributed by atoms with van der Waals surface area (Å²) >= 11 is 0. The van der Waals surface area contributed by atoms with Crippen LogP contribution >= 0.6 is 0 Å². The van der Waals surface area contributed by atoms with Crippen LogP contribution in [0.15, 0.2) is 65.9 Å². The number of fused-ring (bicyclic) bond motifs is 1. The second kappa shape index (κ2) is 6.84. The molecule has 2 amide bonds. The predicted molar refractivity (Wildman–Crippen MR) is 101 cm³/mol. The average Bonchev–Trinajstić information content (AvgIpc) is 3.26. The Morgan fingerprint density at radius 3 is 2.77 bits per heavy atom. The maximum absolute atomic E-state index is 12.3. The van der Waals surface area contributed by atoms with Gasteiger partial charge in [0.15, 0.2) is 0 Å². The molecule has 2 heterocycles. The molecule has 130 valence electrons. The van der Waals surface area contributed by atoms with Gasteiger partial charge in [0.2, 0.25) is 11.8 Å². The molecule has 1 saturated heterocycles. The zero-order chi connectivity index (χ0) is 17.9. The number of anilines is 1. The number of aromatic amines is 1. The third-order valence-electron chi connectivity index (χ3n) is 4.56. The van der Waals surface area contributed by atoms with Crippen LogP contribution in [0.3, 0.4) is 0 Å². The van der Waals surface area contributed by atoms with Gasteiger partial charge in [0, 0.05) is 41.3 Å². The van der Waals surface area contributed by atoms with Gasteiger partial charge in [-0.15, -0.1) is 0 Å². The van der Waals surface area contributed by atoms with Crippen LogP contribution in [0.2, 0.25) is 0 Å². The Morgan fingerprint density at radius 1 is 1.15 bits per heavy atom. The van der Waals surface area contributed by atoms with E-state index in [1.165, 1.54) is 0 Å². The molecule has 26 heavy (non-hydrogen) atoms. The molecule has 2 aromatic carbocycles. The number of rotatable bonds is 4. The smallest absolute Gasteiger partial charge is 0.245 e. The standard InChI is InChI=1S/C20H18N4O2/c25-19-10-14(13-24(19)16-6-2-1-3-7-16)20(26)23-22-12-15-11-21-18-9-5-4-8-17(15)18/h1-9,11-12,14,21H,10,13H2,(H,23,26)/b22-12+/t14-/m0/s1. The van der Waals surface area contributed by atoms with Crippen molar-refractivity contribution in [1.82, 2.24) is 10.4 Å². The van der Waals surface area contributed by atoms with Gasteiger partial charge in [-0.05, 0) is 18.2 Å². The first kappa shape index (κ1) is 16.1. The van der Waals surface area contributed by atoms with Crippen molar-refractivity contribution in [2.24, 2.45) is 11.0 Å². The number of benzene rings is 2. The molecule has 1 fully saturated rings. The predicted octanol–water partition coefficient (Wildman–Crippen LogP) is 2.67. The lowest BCUT2D eigenvalue weighted by atomic mass is 10.1. The zero-order valence-corrected chi connectivity index (χ0v) is 14.1. The number of hydrogen-bond donors (Lipinski definition) is 2. The summed E-state index contributed by atoms with van der Waals surface area (Å²) in [5.74, 6) is -0.687. The number of hydrazone groups is 1. The summed E-state index contributed by atoms with van der Waals surface area (Å²) in [6.45, 7) is 0.372. The number of amides is 2. The fraction of sp³-hybridized carbons (Fsp3) is 0.150. The lowest BCUT2D eigenvalue weighted by molar-refractivity contribution is -0.126. The quantitative estimate of drug-likeness (QED) is 0.563. The highest BCUT2D eigenvalue weighted by atomic mass is 16.2. The van der Waals surface area contributed by atoms with E-state index in [2.05, 4.69) is 15.5 Å². The third-order valence-corrected chi connectivity index (χ3v) is 4.56. The Labute approximate surface area is 150 Å². The maximum atomic E-state index is 12.3. The first-order chi connectivity index (χ1) is 12.7. The molecule has 4 rings (SSSR count). The largest absolute Gasteiger partial charge is 0.361 e. The number of H-pyrrole nitrogens is 1. The molecule has 0 saturated carbocycles. The van der Waals surface area contributed by atoms with E-state index < -0.39 is 5.92 Å². The summed E-state index contributed by atoms with van der Waals surface area (Å²) in [6, 6.07) is 17.3. The van der Waals surface area contributed by atoms with Gasteiger partial charge in [-0.2, -0.15) is 5.10 Å². The minimum atomic E-state index is -0.400. The van der Waals surface area contributed by atoms with E-state index in [9.17, 15) is 9.59 Å². The number of carbonyl (C=O) groups is 2. The Hall–Kier alpha value is -3.41. The second-order valence-corrected chi connectivity index (χ2v) is 6.26. The number of nitrogens with one attached hydrogen (secondary N) is 2. The van der Waals surface area contributed by atoms with Gasteiger partial charge in [-0.1, -0.05) is 36.4 Å². The first-order valence-corrected chi connectivity index (χ1v) is 8.47. The van der Waals surface area contributed by atoms with Gasteiger partial charge < -0.3 is 9.88 Å². The van der Waals surface area contributed by atoms with Gasteiger partial charge in [-0.25, -0.2) is 5.43 Å². The molecule has 6 nitrogen and oxygen atoms in total. The molecule has 1 aliphatic rings. The summed E-state index contributed by atoms with van der Waals surface area (Å²) < 4.78 is 0. The van der Waals surface area contributed by atoms with Crippen molar-refractivity contribution in [3.8, 4) is 0 Å². The molecule has 0 unspecified atom stereocenters. The van der Waals surface area contributed by atoms with Crippen molar-refractivity contribution in [2.75, 3.05) is 11.4 Å². The number of para-hydroxylation sites is 2. The van der Waals surface area contributed by atoms with Crippen molar-refractivity contribution in [3.63, 3.8) is 0 Å². The number of nitrogens with zero attached hydrogens (tertiary/aromatic N) is 2. The van der Waals surface area contributed by atoms with Crippen molar-refractivity contribution in [1.29, 1.82) is 0 Å². The molecule has 6 heteroatoms. The topological polar surface area (TPSA) is 77.6 Å². The minimum Gasteiger partial charge on any atom is -0.361 e. The van der Waals surface area contributed by atoms with Crippen molar-refractivity contribution < 1.29 is 9.59 Å². The van der Waals surface area contributed by atoms with Gasteiger partial charge in [0.25, 0.3) is 0 Å². The average molecular weight is 346 g/mol. The molecular formula is C20H18N4O2. The third kappa shape index (κ3) is 3.09. The van der Waals surface area contributed by atoms with Crippen LogP contribution in [-0.2, 0) is 9.59 Å². The summed E-state index contributed by atoms with van der Waals surface area (Å²) in [7, 11) is 0. The first-order valence-electron chi connectivity index (χ1n) is 8.47. The fourth-order valence-corrected chi connectivity index (χ4v) is 3.20. The lowest BCUT2D eigenvalue weighted by Gasteiger charge is -2.16. The number of aromatic nitrogens is 1. The highest BCUT2D eigenvalue weighted by Crippen LogP contribution is 2.24. The molecule has 0 bridgehead atoms. The van der Waals surface area contributed by atoms with Crippen molar-refractivity contribution >= 4 is 34.6 Å². The van der Waals surface area contributed by atoms with E-state index in [0.717, 1.165) is 22.2 Å². The zero-order valence-electron chi connectivity index (χ0n) is 14.1. The van der Waals surface area contributed by atoms with Crippen molar-refractivity contribution in [3.05, 3.63) is 66.4 Å². The van der Waals surface area contributed by atoms with Gasteiger partial charge >= 0.3 is 0 Å². The summed E-state index contributed by atoms with van der Waals surface area (Å²) in [6.07, 6.45) is 3.66. The van der Waals surface area contributed by atoms with Crippen LogP contribution in [0.1, 0.15) is 12.0 Å². The monoisotopic (exact) mass is 346 g/mol. The van der Waals surface area contributed by atoms with E-state index in [1.807, 2.05) is 60.8 Å². The molecule has 0 radical (unpaired) electrons. The molecule has 1 atom stereocenters. The van der Waals surface area contributed by atoms with Crippen LogP contribution in [0.4, 0.5) is 5.69 Å². The van der Waals surface area contributed by atoms with Gasteiger partial charge in [-0.3, -0.25) is 9.59 Å². The normalized spacial score (nSPS) is 17.3. The Kier molecular flexibility index (Phi) is 4.23. The Morgan fingerprint density at radius 2 is 1.92 bits per heavy atom. The molecular weight excluding hydrogens is 328 g/mol. The minimum absolute atomic E-state index is 0.0445. The molecule has 3 aromatic rings. The van der Waals surface area contributed by atoms with Crippen LogP contribution in [-0.4, -0.2) is 29.6 Å². The van der Waals surface area contributed by atoms with E-state index in [4.69, 9.17) is 0 Å². The SMILES string of the molecule is O=C(N/N=C/c1c[nH]c2ccccc12)[C@H]1CC(=O)N(c2ccccc2)C1. The van der Waals surface area contributed by atoms with Crippen LogP contribution in [0.25, 0.3) is 10.9 Å². The summed E-state index contributed by atoms with van der Waals surface area (Å²) in [4.78, 5) is 29.4. The number of hydrogen-bond acceptors (Lipinski definition) is 3. The molecule has 1 aromatic heterocycles. The number of carbonyl (C=O) groups excluding carboxylic acids is 2. The molecule has 0 spiro atoms. The van der Waals surface area contributed by atoms with E-state index in [0.29, 0.717) is 6.54 Å². The van der Waals surface area contributed by atoms with Gasteiger partial charge in [0.1, 0.15) is 0 Å². The highest BCUT2D eigenvalue weighted by Gasteiger charge is 2.34. The van der Waals surface area contributed by atoms with Gasteiger partial charge in [0.05, 0.1) is 12.1 Å². The van der Waals surface area contributed by atoms with Crippen LogP contribution < -0.4 is 10.3 Å².